The summed E-state index contributed by atoms with van der Waals surface area (Å²) in [6.45, 7) is 0.825. The van der Waals surface area contributed by atoms with Crippen LogP contribution in [0.25, 0.3) is 0 Å². The lowest BCUT2D eigenvalue weighted by Crippen LogP contribution is -2.10. The van der Waals surface area contributed by atoms with Gasteiger partial charge in [-0.3, -0.25) is 0 Å². The van der Waals surface area contributed by atoms with Gasteiger partial charge in [-0.1, -0.05) is 17.7 Å². The first kappa shape index (κ1) is 10.0. The second-order valence-electron chi connectivity index (χ2n) is 3.16. The van der Waals surface area contributed by atoms with Gasteiger partial charge in [0.05, 0.1) is 10.6 Å². The minimum atomic E-state index is 0.519. The number of rotatable bonds is 2. The second-order valence-corrected chi connectivity index (χ2v) is 3.57. The van der Waals surface area contributed by atoms with Gasteiger partial charge in [-0.15, -0.1) is 0 Å². The monoisotopic (exact) mass is 194 g/mol. The Hall–Kier alpha value is -1.04. The van der Waals surface area contributed by atoms with Crippen molar-refractivity contribution in [3.05, 3.63) is 34.3 Å². The molecule has 13 heavy (non-hydrogen) atoms. The van der Waals surface area contributed by atoms with Gasteiger partial charge in [0.15, 0.2) is 0 Å². The molecule has 0 amide bonds. The molecule has 1 aromatic rings. The van der Waals surface area contributed by atoms with Gasteiger partial charge in [0, 0.05) is 6.54 Å². The summed E-state index contributed by atoms with van der Waals surface area (Å²) in [7, 11) is 3.97. The van der Waals surface area contributed by atoms with E-state index in [0.717, 1.165) is 12.1 Å². The normalized spacial score (nSPS) is 10.1. The summed E-state index contributed by atoms with van der Waals surface area (Å²) in [5.41, 5.74) is 1.65. The number of nitriles is 1. The molecule has 1 aromatic carbocycles. The van der Waals surface area contributed by atoms with E-state index in [4.69, 9.17) is 16.9 Å². The average molecular weight is 195 g/mol. The molecule has 0 aliphatic carbocycles. The van der Waals surface area contributed by atoms with Gasteiger partial charge in [-0.25, -0.2) is 0 Å². The summed E-state index contributed by atoms with van der Waals surface area (Å²) in [5, 5.41) is 9.25. The van der Waals surface area contributed by atoms with Crippen molar-refractivity contribution in [2.45, 2.75) is 6.54 Å². The summed E-state index contributed by atoms with van der Waals surface area (Å²) >= 11 is 5.80. The van der Waals surface area contributed by atoms with Crippen molar-refractivity contribution in [1.82, 2.24) is 4.90 Å². The molecule has 0 atom stereocenters. The Kier molecular flexibility index (Phi) is 3.30. The summed E-state index contributed by atoms with van der Waals surface area (Å²) in [5.74, 6) is 0. The van der Waals surface area contributed by atoms with Gasteiger partial charge in [0.25, 0.3) is 0 Å². The van der Waals surface area contributed by atoms with E-state index in [9.17, 15) is 0 Å². The average Bonchev–Trinajstić information content (AvgIpc) is 2.07. The fraction of sp³-hybridized carbons (Fsp3) is 0.300. The van der Waals surface area contributed by atoms with Gasteiger partial charge < -0.3 is 4.90 Å². The van der Waals surface area contributed by atoms with E-state index >= 15 is 0 Å². The quantitative estimate of drug-likeness (QED) is 0.722. The largest absolute Gasteiger partial charge is 0.305 e. The first-order chi connectivity index (χ1) is 6.13. The highest BCUT2D eigenvalue weighted by Crippen LogP contribution is 2.16. The van der Waals surface area contributed by atoms with E-state index in [2.05, 4.69) is 6.07 Å². The number of halogens is 1. The molecule has 68 valence electrons. The first-order valence-electron chi connectivity index (χ1n) is 3.96. The van der Waals surface area contributed by atoms with Crippen LogP contribution in [0.1, 0.15) is 11.1 Å². The maximum Gasteiger partial charge on any atom is 0.101 e. The third kappa shape index (κ3) is 2.73. The zero-order valence-electron chi connectivity index (χ0n) is 7.71. The van der Waals surface area contributed by atoms with Crippen LogP contribution in [0.2, 0.25) is 5.02 Å². The minimum absolute atomic E-state index is 0.519. The highest BCUT2D eigenvalue weighted by atomic mass is 35.5. The van der Waals surface area contributed by atoms with Crippen LogP contribution >= 0.6 is 11.6 Å². The Bertz CT molecular complexity index is 339. The fourth-order valence-electron chi connectivity index (χ4n) is 1.12. The van der Waals surface area contributed by atoms with Gasteiger partial charge in [-0.05, 0) is 31.8 Å². The van der Waals surface area contributed by atoms with E-state index in [-0.39, 0.29) is 0 Å². The van der Waals surface area contributed by atoms with Gasteiger partial charge in [0.2, 0.25) is 0 Å². The maximum atomic E-state index is 8.73. The molecule has 0 aromatic heterocycles. The SMILES string of the molecule is CN(C)Cc1ccc(Cl)c(C#N)c1. The van der Waals surface area contributed by atoms with Crippen molar-refractivity contribution in [1.29, 1.82) is 5.26 Å². The third-order valence-corrected chi connectivity index (χ3v) is 1.98. The Morgan fingerprint density at radius 3 is 2.69 bits per heavy atom. The highest BCUT2D eigenvalue weighted by Gasteiger charge is 2.01. The van der Waals surface area contributed by atoms with Crippen molar-refractivity contribution in [2.75, 3.05) is 14.1 Å². The summed E-state index contributed by atoms with van der Waals surface area (Å²) < 4.78 is 0. The van der Waals surface area contributed by atoms with Crippen LogP contribution in [0.5, 0.6) is 0 Å². The molecular formula is C10H11ClN2. The van der Waals surface area contributed by atoms with Gasteiger partial charge in [-0.2, -0.15) is 5.26 Å². The molecule has 1 rings (SSSR count). The highest BCUT2D eigenvalue weighted by molar-refractivity contribution is 6.31. The van der Waals surface area contributed by atoms with Crippen LogP contribution in [0, 0.1) is 11.3 Å². The first-order valence-corrected chi connectivity index (χ1v) is 4.34. The summed E-state index contributed by atoms with van der Waals surface area (Å²) in [4.78, 5) is 2.05. The molecule has 0 spiro atoms. The van der Waals surface area contributed by atoms with E-state index in [0.29, 0.717) is 10.6 Å². The van der Waals surface area contributed by atoms with E-state index < -0.39 is 0 Å². The molecule has 0 fully saturated rings. The van der Waals surface area contributed by atoms with Crippen LogP contribution in [0.4, 0.5) is 0 Å². The van der Waals surface area contributed by atoms with Crippen molar-refractivity contribution < 1.29 is 0 Å². The van der Waals surface area contributed by atoms with Crippen molar-refractivity contribution in [3.8, 4) is 6.07 Å². The van der Waals surface area contributed by atoms with Crippen molar-refractivity contribution in [3.63, 3.8) is 0 Å². The molecule has 0 saturated carbocycles. The smallest absolute Gasteiger partial charge is 0.101 e. The fourth-order valence-corrected chi connectivity index (χ4v) is 1.28. The Morgan fingerprint density at radius 2 is 2.15 bits per heavy atom. The van der Waals surface area contributed by atoms with Crippen LogP contribution in [0.15, 0.2) is 18.2 Å². The van der Waals surface area contributed by atoms with Crippen LogP contribution in [-0.4, -0.2) is 19.0 Å². The Morgan fingerprint density at radius 1 is 1.46 bits per heavy atom. The van der Waals surface area contributed by atoms with Crippen molar-refractivity contribution in [2.24, 2.45) is 0 Å². The van der Waals surface area contributed by atoms with Gasteiger partial charge >= 0.3 is 0 Å². The second kappa shape index (κ2) is 4.27. The standard InChI is InChI=1S/C10H11ClN2/c1-13(2)7-8-3-4-10(11)9(5-8)6-12/h3-5H,7H2,1-2H3. The Balaban J connectivity index is 2.95. The molecule has 0 aliphatic rings. The van der Waals surface area contributed by atoms with Crippen molar-refractivity contribution >= 4 is 11.6 Å². The summed E-state index contributed by atoms with van der Waals surface area (Å²) in [6, 6.07) is 7.58. The molecule has 0 N–H and O–H groups in total. The van der Waals surface area contributed by atoms with E-state index in [1.807, 2.05) is 31.1 Å². The summed E-state index contributed by atoms with van der Waals surface area (Å²) in [6.07, 6.45) is 0. The predicted molar refractivity (Wildman–Crippen MR) is 53.6 cm³/mol. The molecule has 0 radical (unpaired) electrons. The Labute approximate surface area is 83.3 Å². The number of nitrogens with zero attached hydrogens (tertiary/aromatic N) is 2. The molecule has 0 saturated heterocycles. The maximum absolute atomic E-state index is 8.73. The number of hydrogen-bond donors (Lipinski definition) is 0. The third-order valence-electron chi connectivity index (χ3n) is 1.65. The van der Waals surface area contributed by atoms with Crippen LogP contribution < -0.4 is 0 Å². The zero-order valence-corrected chi connectivity index (χ0v) is 8.47. The lowest BCUT2D eigenvalue weighted by molar-refractivity contribution is 0.402. The molecule has 0 unspecified atom stereocenters. The van der Waals surface area contributed by atoms with E-state index in [1.165, 1.54) is 0 Å². The molecule has 0 heterocycles. The molecular weight excluding hydrogens is 184 g/mol. The zero-order chi connectivity index (χ0) is 9.84. The van der Waals surface area contributed by atoms with Crippen LogP contribution in [0.3, 0.4) is 0 Å². The molecule has 2 nitrogen and oxygen atoms in total. The number of hydrogen-bond acceptors (Lipinski definition) is 2. The van der Waals surface area contributed by atoms with Gasteiger partial charge in [0.1, 0.15) is 6.07 Å². The molecule has 0 aliphatic heterocycles. The van der Waals surface area contributed by atoms with Crippen LogP contribution in [-0.2, 0) is 6.54 Å². The van der Waals surface area contributed by atoms with E-state index in [1.54, 1.807) is 6.07 Å². The topological polar surface area (TPSA) is 27.0 Å². The lowest BCUT2D eigenvalue weighted by atomic mass is 10.1. The molecule has 0 bridgehead atoms. The molecule has 3 heteroatoms. The minimum Gasteiger partial charge on any atom is -0.305 e. The predicted octanol–water partition coefficient (Wildman–Crippen LogP) is 2.27. The number of benzene rings is 1. The lowest BCUT2D eigenvalue weighted by Gasteiger charge is -2.09.